The zero-order chi connectivity index (χ0) is 97.4. The number of benzene rings is 2. The molecule has 15 N–H and O–H groups in total. The van der Waals surface area contributed by atoms with Gasteiger partial charge in [0.15, 0.2) is 5.96 Å². The summed E-state index contributed by atoms with van der Waals surface area (Å²) in [5, 5.41) is 46.1. The zero-order valence-electron chi connectivity index (χ0n) is 78.0. The molecule has 6 atom stereocenters. The fourth-order valence-electron chi connectivity index (χ4n) is 14.9. The van der Waals surface area contributed by atoms with Gasteiger partial charge >= 0.3 is 17.9 Å². The Hall–Kier alpha value is -11.9. The normalized spacial score (nSPS) is 18.6. The lowest BCUT2D eigenvalue weighted by Crippen LogP contribution is -2.58. The fourth-order valence-corrected chi connectivity index (χ4v) is 14.9. The summed E-state index contributed by atoms with van der Waals surface area (Å²) in [6, 6.07) is 10.3. The Morgan fingerprint density at radius 2 is 1.14 bits per heavy atom. The number of aliphatic imine (C=N–C) groups is 1. The summed E-state index contributed by atoms with van der Waals surface area (Å²) in [5.41, 5.74) is 11.0. The molecule has 5 heterocycles. The molecule has 1 unspecified atom stereocenters. The van der Waals surface area contributed by atoms with E-state index in [1.165, 1.54) is 11.1 Å². The first-order chi connectivity index (χ1) is 64.1. The number of pyridine rings is 1. The first-order valence-corrected chi connectivity index (χ1v) is 45.9. The van der Waals surface area contributed by atoms with Gasteiger partial charge in [-0.15, -0.1) is 0 Å². The number of carbonyl (C=O) groups excluding carboxylic acids is 14. The number of fused-ring (bicyclic) bond motifs is 1. The summed E-state index contributed by atoms with van der Waals surface area (Å²) >= 11 is 0. The van der Waals surface area contributed by atoms with Crippen LogP contribution in [0.25, 0.3) is 10.9 Å². The molecule has 0 saturated carbocycles. The van der Waals surface area contributed by atoms with Gasteiger partial charge < -0.3 is 113 Å². The molecule has 0 spiro atoms. The highest BCUT2D eigenvalue weighted by molar-refractivity contribution is 6.07. The summed E-state index contributed by atoms with van der Waals surface area (Å²) < 4.78 is 40.1. The number of hydrogen-bond acceptors (Lipinski definition) is 29. The van der Waals surface area contributed by atoms with Gasteiger partial charge in [-0.25, -0.2) is 0 Å². The second-order valence-electron chi connectivity index (χ2n) is 34.9. The molecular weight excluding hydrogens is 1740 g/mol. The highest BCUT2D eigenvalue weighted by Gasteiger charge is 2.36. The average molecular weight is 1880 g/mol. The molecule has 12 amide bonds. The summed E-state index contributed by atoms with van der Waals surface area (Å²) in [5.74, 6) is -8.95. The minimum absolute atomic E-state index is 0.0120. The van der Waals surface area contributed by atoms with Crippen molar-refractivity contribution in [1.82, 2.24) is 87.6 Å². The summed E-state index contributed by atoms with van der Waals surface area (Å²) in [7, 11) is 0. The Bertz CT molecular complexity index is 4380. The van der Waals surface area contributed by atoms with Crippen LogP contribution in [0.15, 0.2) is 65.8 Å². The summed E-state index contributed by atoms with van der Waals surface area (Å²) in [6.45, 7) is 17.0. The van der Waals surface area contributed by atoms with Gasteiger partial charge in [-0.3, -0.25) is 101 Å². The molecule has 4 aliphatic heterocycles. The Balaban J connectivity index is 0.820. The molecule has 4 aliphatic rings. The quantitative estimate of drug-likeness (QED) is 0.0120. The first-order valence-electron chi connectivity index (χ1n) is 45.9. The molecule has 44 nitrogen and oxygen atoms in total. The van der Waals surface area contributed by atoms with Crippen molar-refractivity contribution in [3.63, 3.8) is 0 Å². The monoisotopic (exact) mass is 1880 g/mol. The van der Waals surface area contributed by atoms with Crippen LogP contribution in [0.5, 0.6) is 5.75 Å². The van der Waals surface area contributed by atoms with E-state index in [0.717, 1.165) is 13.0 Å². The topological polar surface area (TPSA) is 582 Å². The number of aliphatic carboxylic acids is 1. The van der Waals surface area contributed by atoms with Crippen molar-refractivity contribution in [2.75, 3.05) is 197 Å². The van der Waals surface area contributed by atoms with Gasteiger partial charge in [0.05, 0.1) is 122 Å². The number of nitriles is 1. The van der Waals surface area contributed by atoms with E-state index in [-0.39, 0.29) is 187 Å². The maximum atomic E-state index is 14.2. The van der Waals surface area contributed by atoms with Crippen LogP contribution < -0.4 is 69.4 Å². The molecule has 0 radical (unpaired) electrons. The van der Waals surface area contributed by atoms with Crippen molar-refractivity contribution in [2.45, 2.75) is 179 Å². The van der Waals surface area contributed by atoms with Crippen LogP contribution in [0, 0.1) is 11.3 Å². The molecule has 740 valence electrons. The fraction of sp³-hybridized carbons (Fsp3) is 0.644. The molecule has 1 aromatic heterocycles. The SMILES string of the molecule is CC(C)(C)OC(=O)CN1CCN(CC(=O)NC(CCC(=O)NCCOCCOCCC(=O)NCCCC[C@@H]2NC(=O)[C@@H](Cc3ccccc3)NC(=O)[C@H](CC(=O)O)NC(=O)CNC(=O)[C@H](CCCN=C(N)N)NC2=O)C(=O)NCCOCCOCCC(=O)N2CCN(CCCOc3ccc4nccc(C(=O)NCC(=O)N5CCC[C@H]5C#N)c4c3)CC2)CCN(CC(=O)OC(C)(C)C)CC1. The third kappa shape index (κ3) is 43.0. The van der Waals surface area contributed by atoms with Crippen LogP contribution in [0.1, 0.15) is 141 Å². The molecule has 44 heteroatoms. The smallest absolute Gasteiger partial charge is 0.320 e. The Morgan fingerprint density at radius 3 is 1.77 bits per heavy atom. The Morgan fingerprint density at radius 1 is 0.575 bits per heavy atom. The van der Waals surface area contributed by atoms with Gasteiger partial charge in [0.1, 0.15) is 53.2 Å². The lowest BCUT2D eigenvalue weighted by atomic mass is 10.0. The van der Waals surface area contributed by atoms with Crippen LogP contribution in [0.4, 0.5) is 0 Å². The highest BCUT2D eigenvalue weighted by atomic mass is 16.6. The van der Waals surface area contributed by atoms with Crippen LogP contribution in [-0.2, 0) is 102 Å². The lowest BCUT2D eigenvalue weighted by Gasteiger charge is -2.34. The Kier molecular flexibility index (Phi) is 47.5. The first kappa shape index (κ1) is 109. The molecule has 2 aromatic carbocycles. The third-order valence-electron chi connectivity index (χ3n) is 21.7. The minimum Gasteiger partial charge on any atom is -0.494 e. The van der Waals surface area contributed by atoms with Crippen LogP contribution in [0.2, 0.25) is 0 Å². The summed E-state index contributed by atoms with van der Waals surface area (Å²) in [6.07, 6.45) is 3.23. The van der Waals surface area contributed by atoms with E-state index in [2.05, 4.69) is 74.1 Å². The van der Waals surface area contributed by atoms with Crippen LogP contribution >= 0.6 is 0 Å². The second kappa shape index (κ2) is 58.3. The third-order valence-corrected chi connectivity index (χ3v) is 21.7. The molecule has 7 rings (SSSR count). The lowest BCUT2D eigenvalue weighted by molar-refractivity contribution is -0.158. The van der Waals surface area contributed by atoms with Gasteiger partial charge in [0.25, 0.3) is 5.91 Å². The number of ether oxygens (including phenoxy) is 7. The molecule has 0 aliphatic carbocycles. The number of rotatable bonds is 50. The second-order valence-corrected chi connectivity index (χ2v) is 34.9. The van der Waals surface area contributed by atoms with Crippen molar-refractivity contribution in [2.24, 2.45) is 16.5 Å². The molecular formula is C90H137N21O23. The van der Waals surface area contributed by atoms with Gasteiger partial charge in [0, 0.05) is 136 Å². The highest BCUT2D eigenvalue weighted by Crippen LogP contribution is 2.25. The number of carboxylic acid groups (broad SMARTS) is 1. The minimum atomic E-state index is -1.66. The van der Waals surface area contributed by atoms with Crippen molar-refractivity contribution < 1.29 is 110 Å². The zero-order valence-corrected chi connectivity index (χ0v) is 78.0. The van der Waals surface area contributed by atoms with E-state index in [1.54, 1.807) is 96.1 Å². The van der Waals surface area contributed by atoms with E-state index in [9.17, 15) is 82.3 Å². The van der Waals surface area contributed by atoms with Gasteiger partial charge in [-0.2, -0.15) is 5.26 Å². The number of carboxylic acids is 1. The van der Waals surface area contributed by atoms with Gasteiger partial charge in [-0.05, 0) is 129 Å². The molecule has 4 fully saturated rings. The van der Waals surface area contributed by atoms with E-state index in [0.29, 0.717) is 126 Å². The number of carbonyl (C=O) groups is 15. The van der Waals surface area contributed by atoms with Crippen LogP contribution in [0.3, 0.4) is 0 Å². The average Bonchev–Trinajstić information content (AvgIpc) is 1.14. The summed E-state index contributed by atoms with van der Waals surface area (Å²) in [4.78, 5) is 220. The number of nitrogens with one attached hydrogen (secondary N) is 10. The Labute approximate surface area is 781 Å². The van der Waals surface area contributed by atoms with E-state index >= 15 is 0 Å². The predicted octanol–water partition coefficient (Wildman–Crippen LogP) is -2.53. The van der Waals surface area contributed by atoms with Crippen molar-refractivity contribution in [3.8, 4) is 11.8 Å². The maximum Gasteiger partial charge on any atom is 0.320 e. The molecule has 134 heavy (non-hydrogen) atoms. The van der Waals surface area contributed by atoms with E-state index in [4.69, 9.17) is 44.6 Å². The number of guanidine groups is 1. The number of amides is 12. The number of piperazine rings is 1. The number of hydrogen-bond donors (Lipinski definition) is 13. The number of aromatic nitrogens is 1. The van der Waals surface area contributed by atoms with Crippen LogP contribution in [-0.4, -0.2) is 379 Å². The predicted molar refractivity (Wildman–Crippen MR) is 488 cm³/mol. The largest absolute Gasteiger partial charge is 0.494 e. The molecule has 4 saturated heterocycles. The number of esters is 2. The van der Waals surface area contributed by atoms with Gasteiger partial charge in [-0.1, -0.05) is 30.3 Å². The van der Waals surface area contributed by atoms with Crippen molar-refractivity contribution in [3.05, 3.63) is 71.9 Å². The number of unbranched alkanes of at least 4 members (excludes halogenated alkanes) is 1. The standard InChI is InChI=1S/C90H137N21O23/c1-89(2,3)133-80(120)60-108-36-34-107(35-37-109(39-38-108)61-81(121)134-90(4,5)6)59-76(115)101-70(83(123)97-31-48-131-52-50-129-46-26-77(116)110-42-40-106(41-43-110)32-14-44-132-64-20-21-67-66(54-64)65(24-29-94-67)82(122)100-58-78(117)111-33-13-17-63(111)56-91)22-23-73(112)96-30-47-130-51-49-128-45-25-74(113)95-27-11-10-18-69-85(125)103-68(19-12-28-98-88(92)93)84(124)99-57-75(114)102-72(55-79(118)119)87(127)105-71(86(126)104-69)53-62-15-8-7-9-16-62/h7-9,15-16,20-21,24,29,54,63,68-72H,10-14,17-19,22-23,25-28,30-53,55,57-61H2,1-6H3,(H,95,113)(H,96,112)(H,97,123)(H,99,124)(H,100,122)(H,101,115)(H,102,114)(H,103,125)(H,104,126)(H,105,127)(H,118,119)(H4,92,93,98)/t63-,68-,69-,70?,71+,72-/m0/s1. The maximum absolute atomic E-state index is 14.2. The molecule has 0 bridgehead atoms. The van der Waals surface area contributed by atoms with E-state index < -0.39 is 131 Å². The van der Waals surface area contributed by atoms with Gasteiger partial charge in [0.2, 0.25) is 65.0 Å². The number of likely N-dealkylation sites (tertiary alicyclic amines) is 1. The van der Waals surface area contributed by atoms with E-state index in [1.807, 2.05) is 19.6 Å². The molecule has 3 aromatic rings. The number of nitrogens with two attached hydrogens (primary N) is 2. The number of nitrogens with zero attached hydrogens (tertiary/aromatic N) is 9. The van der Waals surface area contributed by atoms with Crippen molar-refractivity contribution >= 4 is 106 Å². The van der Waals surface area contributed by atoms with Crippen molar-refractivity contribution in [1.29, 1.82) is 5.26 Å².